The third kappa shape index (κ3) is 7.27. The van der Waals surface area contributed by atoms with Crippen LogP contribution in [0.25, 0.3) is 0 Å². The summed E-state index contributed by atoms with van der Waals surface area (Å²) in [5.74, 6) is -1.71. The second kappa shape index (κ2) is 8.41. The van der Waals surface area contributed by atoms with Gasteiger partial charge in [-0.25, -0.2) is 4.79 Å². The monoisotopic (exact) mass is 280 g/mol. The largest absolute Gasteiger partial charge is 0.478 e. The average molecular weight is 280 g/mol. The molecule has 0 aromatic heterocycles. The highest BCUT2D eigenvalue weighted by Gasteiger charge is 2.25. The van der Waals surface area contributed by atoms with Gasteiger partial charge in [-0.05, 0) is 6.26 Å². The summed E-state index contributed by atoms with van der Waals surface area (Å²) in [7, 11) is 0. The summed E-state index contributed by atoms with van der Waals surface area (Å²) in [5.41, 5.74) is 0. The number of carboxylic acids is 1. The van der Waals surface area contributed by atoms with Gasteiger partial charge in [-0.2, -0.15) is 11.8 Å². The van der Waals surface area contributed by atoms with Crippen LogP contribution < -0.4 is 0 Å². The third-order valence-corrected chi connectivity index (χ3v) is 3.50. The van der Waals surface area contributed by atoms with Crippen LogP contribution in [0.15, 0.2) is 0 Å². The van der Waals surface area contributed by atoms with Crippen molar-refractivity contribution >= 4 is 40.6 Å². The van der Waals surface area contributed by atoms with Crippen LogP contribution in [0.5, 0.6) is 0 Å². The number of aliphatic carboxylic acids is 1. The minimum Gasteiger partial charge on any atom is -0.478 e. The SMILES string of the molecule is CSCC(OC(=O)[C@@H](C)CSC(C)=O)C(=O)O. The molecule has 0 aliphatic heterocycles. The fourth-order valence-corrected chi connectivity index (χ4v) is 2.01. The lowest BCUT2D eigenvalue weighted by atomic mass is 10.2. The lowest BCUT2D eigenvalue weighted by Gasteiger charge is -2.15. The van der Waals surface area contributed by atoms with Gasteiger partial charge in [-0.3, -0.25) is 9.59 Å². The molecule has 0 aromatic rings. The molecule has 1 unspecified atom stereocenters. The number of hydrogen-bond donors (Lipinski definition) is 1. The number of carbonyl (C=O) groups excluding carboxylic acids is 2. The Labute approximate surface area is 109 Å². The molecule has 0 spiro atoms. The summed E-state index contributed by atoms with van der Waals surface area (Å²) in [6.07, 6.45) is 0.612. The maximum atomic E-state index is 11.5. The number of carboxylic acid groups (broad SMARTS) is 1. The maximum absolute atomic E-state index is 11.5. The van der Waals surface area contributed by atoms with Gasteiger partial charge < -0.3 is 9.84 Å². The summed E-state index contributed by atoms with van der Waals surface area (Å²) >= 11 is 2.32. The molecule has 0 bridgehead atoms. The van der Waals surface area contributed by atoms with Gasteiger partial charge in [0.25, 0.3) is 0 Å². The highest BCUT2D eigenvalue weighted by Crippen LogP contribution is 2.12. The van der Waals surface area contributed by atoms with E-state index in [-0.39, 0.29) is 10.9 Å². The van der Waals surface area contributed by atoms with Crippen LogP contribution in [0.4, 0.5) is 0 Å². The number of thioether (sulfide) groups is 2. The molecule has 0 rings (SSSR count). The van der Waals surface area contributed by atoms with Crippen LogP contribution in [-0.2, 0) is 19.1 Å². The molecule has 1 N–H and O–H groups in total. The lowest BCUT2D eigenvalue weighted by molar-refractivity contribution is -0.164. The predicted octanol–water partition coefficient (Wildman–Crippen LogP) is 1.26. The summed E-state index contributed by atoms with van der Waals surface area (Å²) in [6, 6.07) is 0. The predicted molar refractivity (Wildman–Crippen MR) is 68.2 cm³/mol. The summed E-state index contributed by atoms with van der Waals surface area (Å²) in [5, 5.41) is 8.72. The molecule has 0 heterocycles. The minimum absolute atomic E-state index is 0.0800. The first-order chi connectivity index (χ1) is 7.88. The van der Waals surface area contributed by atoms with Crippen LogP contribution in [0, 0.1) is 5.92 Å². The topological polar surface area (TPSA) is 80.7 Å². The molecule has 0 amide bonds. The molecule has 0 aromatic carbocycles. The van der Waals surface area contributed by atoms with Gasteiger partial charge in [0.2, 0.25) is 6.10 Å². The molecule has 0 aliphatic carbocycles. The van der Waals surface area contributed by atoms with Crippen molar-refractivity contribution in [2.75, 3.05) is 17.8 Å². The Kier molecular flexibility index (Phi) is 8.07. The van der Waals surface area contributed by atoms with E-state index in [1.807, 2.05) is 0 Å². The fourth-order valence-electron chi connectivity index (χ4n) is 0.874. The van der Waals surface area contributed by atoms with Crippen LogP contribution in [0.2, 0.25) is 0 Å². The first kappa shape index (κ1) is 16.3. The van der Waals surface area contributed by atoms with Gasteiger partial charge in [-0.15, -0.1) is 0 Å². The molecule has 0 fully saturated rings. The zero-order valence-electron chi connectivity index (χ0n) is 9.97. The Hall–Kier alpha value is -0.690. The molecule has 0 radical (unpaired) electrons. The van der Waals surface area contributed by atoms with E-state index in [4.69, 9.17) is 9.84 Å². The zero-order chi connectivity index (χ0) is 13.4. The van der Waals surface area contributed by atoms with Gasteiger partial charge in [0.05, 0.1) is 5.92 Å². The second-order valence-electron chi connectivity index (χ2n) is 3.42. The van der Waals surface area contributed by atoms with Crippen molar-refractivity contribution in [3.05, 3.63) is 0 Å². The van der Waals surface area contributed by atoms with Crippen molar-refractivity contribution in [1.29, 1.82) is 0 Å². The quantitative estimate of drug-likeness (QED) is 0.703. The molecule has 7 heteroatoms. The van der Waals surface area contributed by atoms with E-state index in [1.54, 1.807) is 13.2 Å². The van der Waals surface area contributed by atoms with Crippen molar-refractivity contribution in [2.24, 2.45) is 5.92 Å². The number of ether oxygens (including phenoxy) is 1. The summed E-state index contributed by atoms with van der Waals surface area (Å²) in [4.78, 5) is 33.0. The van der Waals surface area contributed by atoms with E-state index in [2.05, 4.69) is 0 Å². The normalized spacial score (nSPS) is 13.8. The third-order valence-electron chi connectivity index (χ3n) is 1.79. The molecule has 5 nitrogen and oxygen atoms in total. The van der Waals surface area contributed by atoms with Gasteiger partial charge >= 0.3 is 11.9 Å². The molecule has 0 saturated carbocycles. The Balaban J connectivity index is 4.20. The number of rotatable bonds is 7. The van der Waals surface area contributed by atoms with E-state index in [9.17, 15) is 14.4 Å². The highest BCUT2D eigenvalue weighted by atomic mass is 32.2. The van der Waals surface area contributed by atoms with Crippen LogP contribution >= 0.6 is 23.5 Å². The zero-order valence-corrected chi connectivity index (χ0v) is 11.6. The van der Waals surface area contributed by atoms with E-state index in [0.717, 1.165) is 11.8 Å². The smallest absolute Gasteiger partial charge is 0.345 e. The van der Waals surface area contributed by atoms with E-state index in [0.29, 0.717) is 5.75 Å². The van der Waals surface area contributed by atoms with Crippen molar-refractivity contribution < 1.29 is 24.2 Å². The maximum Gasteiger partial charge on any atom is 0.345 e. The standard InChI is InChI=1S/C10H16O5S2/c1-6(4-17-7(2)11)10(14)15-8(5-16-3)9(12)13/h6,8H,4-5H2,1-3H3,(H,12,13)/t6-,8?/m0/s1. The number of esters is 1. The van der Waals surface area contributed by atoms with Gasteiger partial charge in [0, 0.05) is 18.4 Å². The van der Waals surface area contributed by atoms with Crippen LogP contribution in [0.3, 0.4) is 0 Å². The molecule has 17 heavy (non-hydrogen) atoms. The Morgan fingerprint density at radius 1 is 1.29 bits per heavy atom. The first-order valence-corrected chi connectivity index (χ1v) is 7.32. The number of carbonyl (C=O) groups is 3. The molecule has 0 saturated heterocycles. The molecular weight excluding hydrogens is 264 g/mol. The molecule has 2 atom stereocenters. The van der Waals surface area contributed by atoms with Crippen LogP contribution in [-0.4, -0.2) is 46.0 Å². The highest BCUT2D eigenvalue weighted by molar-refractivity contribution is 8.13. The van der Waals surface area contributed by atoms with E-state index >= 15 is 0 Å². The minimum atomic E-state index is -1.15. The van der Waals surface area contributed by atoms with Crippen LogP contribution in [0.1, 0.15) is 13.8 Å². The Morgan fingerprint density at radius 2 is 1.88 bits per heavy atom. The van der Waals surface area contributed by atoms with Crippen molar-refractivity contribution in [3.63, 3.8) is 0 Å². The van der Waals surface area contributed by atoms with Crippen molar-refractivity contribution in [2.45, 2.75) is 20.0 Å². The van der Waals surface area contributed by atoms with Crippen molar-refractivity contribution in [1.82, 2.24) is 0 Å². The fraction of sp³-hybridized carbons (Fsp3) is 0.700. The Bertz CT molecular complexity index is 292. The molecule has 0 aliphatic rings. The molecule has 98 valence electrons. The van der Waals surface area contributed by atoms with E-state index < -0.39 is 24.0 Å². The number of hydrogen-bond acceptors (Lipinski definition) is 6. The summed E-state index contributed by atoms with van der Waals surface area (Å²) < 4.78 is 4.86. The Morgan fingerprint density at radius 3 is 2.29 bits per heavy atom. The summed E-state index contributed by atoms with van der Waals surface area (Å²) in [6.45, 7) is 3.02. The molecular formula is C10H16O5S2. The van der Waals surface area contributed by atoms with Crippen molar-refractivity contribution in [3.8, 4) is 0 Å². The van der Waals surface area contributed by atoms with E-state index in [1.165, 1.54) is 18.7 Å². The first-order valence-electron chi connectivity index (χ1n) is 4.94. The van der Waals surface area contributed by atoms with Gasteiger partial charge in [0.15, 0.2) is 5.12 Å². The lowest BCUT2D eigenvalue weighted by Crippen LogP contribution is -2.32. The van der Waals surface area contributed by atoms with Gasteiger partial charge in [-0.1, -0.05) is 18.7 Å². The van der Waals surface area contributed by atoms with Gasteiger partial charge in [0.1, 0.15) is 0 Å². The second-order valence-corrected chi connectivity index (χ2v) is 5.53. The average Bonchev–Trinajstić information content (AvgIpc) is 2.24.